The number of methoxy groups -OCH3 is 1. The molecule has 0 radical (unpaired) electrons. The summed E-state index contributed by atoms with van der Waals surface area (Å²) in [5.41, 5.74) is 1.96. The highest BCUT2D eigenvalue weighted by atomic mass is 16.5. The van der Waals surface area contributed by atoms with E-state index in [0.29, 0.717) is 36.5 Å². The Bertz CT molecular complexity index is 703. The zero-order valence-electron chi connectivity index (χ0n) is 12.4. The largest absolute Gasteiger partial charge is 0.469 e. The second-order valence-corrected chi connectivity index (χ2v) is 5.44. The van der Waals surface area contributed by atoms with Crippen LogP contribution in [0.3, 0.4) is 0 Å². The zero-order valence-corrected chi connectivity index (χ0v) is 12.4. The van der Waals surface area contributed by atoms with Gasteiger partial charge in [0.25, 0.3) is 5.91 Å². The van der Waals surface area contributed by atoms with E-state index in [2.05, 4.69) is 15.0 Å². The molecule has 0 aliphatic heterocycles. The number of fused-ring (bicyclic) bond motifs is 1. The van der Waals surface area contributed by atoms with Crippen LogP contribution in [0.2, 0.25) is 0 Å². The summed E-state index contributed by atoms with van der Waals surface area (Å²) in [6.45, 7) is 0.426. The Labute approximate surface area is 127 Å². The maximum atomic E-state index is 12.1. The van der Waals surface area contributed by atoms with Crippen LogP contribution in [-0.2, 0) is 9.53 Å². The van der Waals surface area contributed by atoms with E-state index in [-0.39, 0.29) is 11.9 Å². The maximum Gasteiger partial charge on any atom is 0.305 e. The molecule has 1 aromatic carbocycles. The van der Waals surface area contributed by atoms with E-state index in [9.17, 15) is 9.59 Å². The lowest BCUT2D eigenvalue weighted by Gasteiger charge is -2.04. The summed E-state index contributed by atoms with van der Waals surface area (Å²) in [6, 6.07) is 5.25. The Morgan fingerprint density at radius 1 is 1.41 bits per heavy atom. The molecule has 1 aliphatic rings. The standard InChI is InChI=1S/C16H18N2O4/c1-21-14(19)3-2-8-17-15(20)11-6-7-12-13(9-11)22-16(18-12)10-4-5-10/h6-7,9-10H,2-5,8H2,1H3,(H,17,20). The zero-order chi connectivity index (χ0) is 15.5. The fraction of sp³-hybridized carbons (Fsp3) is 0.438. The van der Waals surface area contributed by atoms with E-state index in [0.717, 1.165) is 24.2 Å². The monoisotopic (exact) mass is 302 g/mol. The van der Waals surface area contributed by atoms with Gasteiger partial charge in [0.05, 0.1) is 7.11 Å². The van der Waals surface area contributed by atoms with Gasteiger partial charge in [0.15, 0.2) is 11.5 Å². The van der Waals surface area contributed by atoms with Crippen LogP contribution in [0.1, 0.15) is 47.8 Å². The molecule has 22 heavy (non-hydrogen) atoms. The Hall–Kier alpha value is -2.37. The van der Waals surface area contributed by atoms with Crippen molar-refractivity contribution in [2.75, 3.05) is 13.7 Å². The van der Waals surface area contributed by atoms with Crippen molar-refractivity contribution in [2.45, 2.75) is 31.6 Å². The van der Waals surface area contributed by atoms with Gasteiger partial charge in [0, 0.05) is 24.4 Å². The first-order chi connectivity index (χ1) is 10.7. The van der Waals surface area contributed by atoms with Crippen molar-refractivity contribution in [3.8, 4) is 0 Å². The number of hydrogen-bond donors (Lipinski definition) is 1. The first kappa shape index (κ1) is 14.6. The molecule has 0 spiro atoms. The number of nitrogens with zero attached hydrogens (tertiary/aromatic N) is 1. The van der Waals surface area contributed by atoms with Crippen molar-refractivity contribution < 1.29 is 18.7 Å². The second kappa shape index (κ2) is 6.17. The van der Waals surface area contributed by atoms with Crippen LogP contribution in [0.4, 0.5) is 0 Å². The quantitative estimate of drug-likeness (QED) is 0.654. The summed E-state index contributed by atoms with van der Waals surface area (Å²) in [6.07, 6.45) is 3.10. The molecule has 1 fully saturated rings. The highest BCUT2D eigenvalue weighted by Gasteiger charge is 2.29. The van der Waals surface area contributed by atoms with E-state index >= 15 is 0 Å². The molecule has 2 aromatic rings. The van der Waals surface area contributed by atoms with Crippen molar-refractivity contribution in [3.05, 3.63) is 29.7 Å². The van der Waals surface area contributed by atoms with Gasteiger partial charge in [-0.15, -0.1) is 0 Å². The summed E-state index contributed by atoms with van der Waals surface area (Å²) in [5.74, 6) is 0.759. The fourth-order valence-corrected chi connectivity index (χ4v) is 2.23. The minimum Gasteiger partial charge on any atom is -0.469 e. The summed E-state index contributed by atoms with van der Waals surface area (Å²) < 4.78 is 10.2. The molecule has 0 atom stereocenters. The van der Waals surface area contributed by atoms with E-state index < -0.39 is 0 Å². The number of ether oxygens (including phenoxy) is 1. The van der Waals surface area contributed by atoms with Crippen molar-refractivity contribution in [3.63, 3.8) is 0 Å². The Morgan fingerprint density at radius 3 is 2.95 bits per heavy atom. The van der Waals surface area contributed by atoms with Gasteiger partial charge in [-0.1, -0.05) is 0 Å². The molecule has 6 nitrogen and oxygen atoms in total. The number of esters is 1. The first-order valence-corrected chi connectivity index (χ1v) is 7.43. The van der Waals surface area contributed by atoms with Crippen LogP contribution >= 0.6 is 0 Å². The molecule has 0 saturated heterocycles. The predicted octanol–water partition coefficient (Wildman–Crippen LogP) is 2.39. The second-order valence-electron chi connectivity index (χ2n) is 5.44. The van der Waals surface area contributed by atoms with E-state index in [1.165, 1.54) is 7.11 Å². The molecule has 1 aliphatic carbocycles. The van der Waals surface area contributed by atoms with Crippen LogP contribution < -0.4 is 5.32 Å². The van der Waals surface area contributed by atoms with E-state index in [1.54, 1.807) is 18.2 Å². The van der Waals surface area contributed by atoms with Crippen LogP contribution in [0.25, 0.3) is 11.1 Å². The Kier molecular flexibility index (Phi) is 4.09. The molecule has 116 valence electrons. The smallest absolute Gasteiger partial charge is 0.305 e. The highest BCUT2D eigenvalue weighted by Crippen LogP contribution is 2.40. The minimum absolute atomic E-state index is 0.184. The molecular formula is C16H18N2O4. The maximum absolute atomic E-state index is 12.1. The van der Waals surface area contributed by atoms with E-state index in [1.807, 2.05) is 0 Å². The van der Waals surface area contributed by atoms with Gasteiger partial charge in [-0.05, 0) is 37.5 Å². The highest BCUT2D eigenvalue weighted by molar-refractivity contribution is 5.97. The van der Waals surface area contributed by atoms with Crippen molar-refractivity contribution in [1.29, 1.82) is 0 Å². The number of benzene rings is 1. The number of rotatable bonds is 6. The third kappa shape index (κ3) is 3.27. The predicted molar refractivity (Wildman–Crippen MR) is 79.6 cm³/mol. The van der Waals surface area contributed by atoms with Crippen LogP contribution in [-0.4, -0.2) is 30.5 Å². The van der Waals surface area contributed by atoms with Gasteiger partial charge in [0.1, 0.15) is 5.52 Å². The molecule has 1 N–H and O–H groups in total. The van der Waals surface area contributed by atoms with Crippen molar-refractivity contribution >= 4 is 23.0 Å². The van der Waals surface area contributed by atoms with Gasteiger partial charge < -0.3 is 14.5 Å². The lowest BCUT2D eigenvalue weighted by atomic mass is 10.2. The van der Waals surface area contributed by atoms with Gasteiger partial charge in [-0.3, -0.25) is 9.59 Å². The van der Waals surface area contributed by atoms with Crippen molar-refractivity contribution in [1.82, 2.24) is 10.3 Å². The molecule has 3 rings (SSSR count). The fourth-order valence-electron chi connectivity index (χ4n) is 2.23. The molecule has 0 unspecified atom stereocenters. The third-order valence-electron chi connectivity index (χ3n) is 3.66. The van der Waals surface area contributed by atoms with Crippen LogP contribution in [0.5, 0.6) is 0 Å². The van der Waals surface area contributed by atoms with Crippen LogP contribution in [0, 0.1) is 0 Å². The molecule has 1 amide bonds. The van der Waals surface area contributed by atoms with Gasteiger partial charge in [-0.25, -0.2) is 4.98 Å². The number of oxazole rings is 1. The summed E-state index contributed by atoms with van der Waals surface area (Å²) in [7, 11) is 1.35. The summed E-state index contributed by atoms with van der Waals surface area (Å²) in [5, 5.41) is 2.78. The molecule has 1 heterocycles. The Morgan fingerprint density at radius 2 is 2.23 bits per heavy atom. The lowest BCUT2D eigenvalue weighted by molar-refractivity contribution is -0.140. The SMILES string of the molecule is COC(=O)CCCNC(=O)c1ccc2nc(C3CC3)oc2c1. The number of carbonyl (C=O) groups excluding carboxylic acids is 2. The molecular weight excluding hydrogens is 284 g/mol. The van der Waals surface area contributed by atoms with Crippen LogP contribution in [0.15, 0.2) is 22.6 Å². The number of carbonyl (C=O) groups is 2. The number of aromatic nitrogens is 1. The number of hydrogen-bond acceptors (Lipinski definition) is 5. The molecule has 1 aromatic heterocycles. The molecule has 6 heteroatoms. The number of amides is 1. The Balaban J connectivity index is 1.59. The lowest BCUT2D eigenvalue weighted by Crippen LogP contribution is -2.24. The van der Waals surface area contributed by atoms with E-state index in [4.69, 9.17) is 4.42 Å². The van der Waals surface area contributed by atoms with Gasteiger partial charge in [0.2, 0.25) is 0 Å². The first-order valence-electron chi connectivity index (χ1n) is 7.43. The summed E-state index contributed by atoms with van der Waals surface area (Å²) in [4.78, 5) is 27.5. The summed E-state index contributed by atoms with van der Waals surface area (Å²) >= 11 is 0. The van der Waals surface area contributed by atoms with Gasteiger partial charge in [-0.2, -0.15) is 0 Å². The van der Waals surface area contributed by atoms with Gasteiger partial charge >= 0.3 is 5.97 Å². The van der Waals surface area contributed by atoms with Crippen molar-refractivity contribution in [2.24, 2.45) is 0 Å². The average molecular weight is 302 g/mol. The minimum atomic E-state index is -0.273. The molecule has 1 saturated carbocycles. The average Bonchev–Trinajstić information content (AvgIpc) is 3.29. The molecule has 0 bridgehead atoms. The normalized spacial score (nSPS) is 14.0. The number of nitrogens with one attached hydrogen (secondary N) is 1. The topological polar surface area (TPSA) is 81.4 Å². The third-order valence-corrected chi connectivity index (χ3v) is 3.66.